The zero-order valence-corrected chi connectivity index (χ0v) is 19.7. The third-order valence-corrected chi connectivity index (χ3v) is 8.09. The topological polar surface area (TPSA) is 123 Å². The van der Waals surface area contributed by atoms with Crippen LogP contribution < -0.4 is 10.3 Å². The molecule has 1 aliphatic heterocycles. The number of methoxy groups -OCH3 is 1. The Balaban J connectivity index is 1.35. The van der Waals surface area contributed by atoms with Gasteiger partial charge in [-0.05, 0) is 54.8 Å². The van der Waals surface area contributed by atoms with Crippen molar-refractivity contribution in [2.45, 2.75) is 30.2 Å². The number of sulfonamides is 1. The fourth-order valence-corrected chi connectivity index (χ4v) is 5.68. The van der Waals surface area contributed by atoms with Gasteiger partial charge in [-0.1, -0.05) is 17.3 Å². The molecule has 0 saturated carbocycles. The SMILES string of the molecule is COc1ccc(S(=O)(=O)N2CCC(c3nc4c(nnn4Cc4ccc(F)cc4)c(=O)[nH]3)CC2)cc1. The lowest BCUT2D eigenvalue weighted by Crippen LogP contribution is -2.38. The van der Waals surface area contributed by atoms with Gasteiger partial charge >= 0.3 is 0 Å². The Kier molecular flexibility index (Phi) is 6.07. The van der Waals surface area contributed by atoms with Crippen LogP contribution in [0.1, 0.15) is 30.1 Å². The molecular formula is C23H23FN6O4S. The molecule has 12 heteroatoms. The van der Waals surface area contributed by atoms with Gasteiger partial charge in [-0.25, -0.2) is 22.5 Å². The van der Waals surface area contributed by atoms with E-state index >= 15 is 0 Å². The molecule has 4 aromatic rings. The molecule has 0 spiro atoms. The lowest BCUT2D eigenvalue weighted by atomic mass is 9.97. The second-order valence-corrected chi connectivity index (χ2v) is 10.3. The monoisotopic (exact) mass is 498 g/mol. The van der Waals surface area contributed by atoms with E-state index < -0.39 is 15.6 Å². The zero-order valence-electron chi connectivity index (χ0n) is 18.9. The van der Waals surface area contributed by atoms with Crippen LogP contribution in [-0.4, -0.2) is 57.9 Å². The first kappa shape index (κ1) is 23.1. The summed E-state index contributed by atoms with van der Waals surface area (Å²) in [4.78, 5) is 20.3. The van der Waals surface area contributed by atoms with E-state index in [0.29, 0.717) is 43.2 Å². The van der Waals surface area contributed by atoms with Gasteiger partial charge in [0, 0.05) is 19.0 Å². The van der Waals surface area contributed by atoms with Gasteiger partial charge in [0.05, 0.1) is 18.6 Å². The van der Waals surface area contributed by atoms with Gasteiger partial charge in [0.25, 0.3) is 5.56 Å². The van der Waals surface area contributed by atoms with Crippen molar-refractivity contribution >= 4 is 21.2 Å². The Hall–Kier alpha value is -3.64. The van der Waals surface area contributed by atoms with Gasteiger partial charge in [0.2, 0.25) is 10.0 Å². The average Bonchev–Trinajstić information content (AvgIpc) is 3.28. The van der Waals surface area contributed by atoms with Crippen molar-refractivity contribution in [1.82, 2.24) is 29.3 Å². The van der Waals surface area contributed by atoms with E-state index in [9.17, 15) is 17.6 Å². The smallest absolute Gasteiger partial charge is 0.281 e. The minimum absolute atomic E-state index is 0.121. The molecule has 0 bridgehead atoms. The third-order valence-electron chi connectivity index (χ3n) is 6.18. The number of aromatic nitrogens is 5. The highest BCUT2D eigenvalue weighted by Gasteiger charge is 2.31. The van der Waals surface area contributed by atoms with Crippen molar-refractivity contribution in [3.63, 3.8) is 0 Å². The van der Waals surface area contributed by atoms with E-state index in [1.165, 1.54) is 40.4 Å². The number of halogens is 1. The summed E-state index contributed by atoms with van der Waals surface area (Å²) in [6, 6.07) is 12.3. The molecule has 0 atom stereocenters. The Labute approximate surface area is 200 Å². The highest BCUT2D eigenvalue weighted by Crippen LogP contribution is 2.29. The first-order chi connectivity index (χ1) is 16.8. The molecule has 182 valence electrons. The lowest BCUT2D eigenvalue weighted by molar-refractivity contribution is 0.313. The van der Waals surface area contributed by atoms with Crippen molar-refractivity contribution in [2.75, 3.05) is 20.2 Å². The van der Waals surface area contributed by atoms with Gasteiger partial charge in [0.15, 0.2) is 11.2 Å². The Morgan fingerprint density at radius 1 is 1.09 bits per heavy atom. The van der Waals surface area contributed by atoms with Crippen LogP contribution in [0.4, 0.5) is 4.39 Å². The second-order valence-electron chi connectivity index (χ2n) is 8.35. The Bertz CT molecular complexity index is 1510. The summed E-state index contributed by atoms with van der Waals surface area (Å²) in [5.74, 6) is 0.603. The van der Waals surface area contributed by atoms with Crippen LogP contribution in [0, 0.1) is 5.82 Å². The van der Waals surface area contributed by atoms with Gasteiger partial charge < -0.3 is 9.72 Å². The van der Waals surface area contributed by atoms with Crippen LogP contribution in [0.3, 0.4) is 0 Å². The van der Waals surface area contributed by atoms with Crippen LogP contribution in [0.15, 0.2) is 58.2 Å². The minimum atomic E-state index is -3.64. The summed E-state index contributed by atoms with van der Waals surface area (Å²) < 4.78 is 47.3. The molecule has 0 unspecified atom stereocenters. The number of benzene rings is 2. The summed E-state index contributed by atoms with van der Waals surface area (Å²) in [5, 5.41) is 7.99. The molecule has 1 aliphatic rings. The number of aromatic amines is 1. The molecule has 0 amide bonds. The van der Waals surface area contributed by atoms with Crippen LogP contribution in [0.5, 0.6) is 5.75 Å². The van der Waals surface area contributed by atoms with Crippen LogP contribution in [0.2, 0.25) is 0 Å². The average molecular weight is 499 g/mol. The van der Waals surface area contributed by atoms with Crippen molar-refractivity contribution in [1.29, 1.82) is 0 Å². The normalized spacial score (nSPS) is 15.5. The highest BCUT2D eigenvalue weighted by atomic mass is 32.2. The summed E-state index contributed by atoms with van der Waals surface area (Å²) in [6.45, 7) is 0.882. The van der Waals surface area contributed by atoms with Crippen molar-refractivity contribution in [3.05, 3.63) is 76.1 Å². The van der Waals surface area contributed by atoms with E-state index in [2.05, 4.69) is 20.3 Å². The maximum atomic E-state index is 13.2. The molecule has 2 aromatic heterocycles. The zero-order chi connectivity index (χ0) is 24.6. The molecule has 0 radical (unpaired) electrons. The maximum absolute atomic E-state index is 13.2. The van der Waals surface area contributed by atoms with Crippen LogP contribution in [-0.2, 0) is 16.6 Å². The van der Waals surface area contributed by atoms with Gasteiger partial charge in [-0.3, -0.25) is 4.79 Å². The van der Waals surface area contributed by atoms with Gasteiger partial charge in [0.1, 0.15) is 17.4 Å². The van der Waals surface area contributed by atoms with Crippen molar-refractivity contribution in [3.8, 4) is 5.75 Å². The third kappa shape index (κ3) is 4.54. The quantitative estimate of drug-likeness (QED) is 0.433. The molecule has 0 aliphatic carbocycles. The molecule has 35 heavy (non-hydrogen) atoms. The summed E-state index contributed by atoms with van der Waals surface area (Å²) in [6.07, 6.45) is 1.01. The fourth-order valence-electron chi connectivity index (χ4n) is 4.21. The summed E-state index contributed by atoms with van der Waals surface area (Å²) in [7, 11) is -2.11. The summed E-state index contributed by atoms with van der Waals surface area (Å²) in [5.41, 5.74) is 0.847. The molecule has 1 N–H and O–H groups in total. The number of hydrogen-bond donors (Lipinski definition) is 1. The number of rotatable bonds is 6. The van der Waals surface area contributed by atoms with E-state index in [1.807, 2.05) is 0 Å². The number of nitrogens with zero attached hydrogens (tertiary/aromatic N) is 5. The predicted octanol–water partition coefficient (Wildman–Crippen LogP) is 2.28. The number of hydrogen-bond acceptors (Lipinski definition) is 7. The summed E-state index contributed by atoms with van der Waals surface area (Å²) >= 11 is 0. The predicted molar refractivity (Wildman–Crippen MR) is 125 cm³/mol. The number of ether oxygens (including phenoxy) is 1. The first-order valence-corrected chi connectivity index (χ1v) is 12.5. The molecular weight excluding hydrogens is 475 g/mol. The first-order valence-electron chi connectivity index (χ1n) is 11.1. The van der Waals surface area contributed by atoms with E-state index in [0.717, 1.165) is 5.56 Å². The largest absolute Gasteiger partial charge is 0.497 e. The van der Waals surface area contributed by atoms with E-state index in [4.69, 9.17) is 4.74 Å². The second kappa shape index (κ2) is 9.19. The van der Waals surface area contributed by atoms with E-state index in [1.54, 1.807) is 24.3 Å². The molecule has 5 rings (SSSR count). The van der Waals surface area contributed by atoms with Crippen molar-refractivity contribution in [2.24, 2.45) is 0 Å². The van der Waals surface area contributed by atoms with Crippen molar-refractivity contribution < 1.29 is 17.5 Å². The van der Waals surface area contributed by atoms with Gasteiger partial charge in [-0.2, -0.15) is 4.31 Å². The number of nitrogens with one attached hydrogen (secondary N) is 1. The fraction of sp³-hybridized carbons (Fsp3) is 0.304. The number of piperidine rings is 1. The molecule has 3 heterocycles. The standard InChI is InChI=1S/C23H23FN6O4S/c1-34-18-6-8-19(9-7-18)35(32,33)29-12-10-16(11-13-29)21-25-22-20(23(31)26-21)27-28-30(22)14-15-2-4-17(24)5-3-15/h2-9,16H,10-14H2,1H3,(H,25,26,31). The minimum Gasteiger partial charge on any atom is -0.497 e. The van der Waals surface area contributed by atoms with Crippen LogP contribution >= 0.6 is 0 Å². The number of fused-ring (bicyclic) bond motifs is 1. The van der Waals surface area contributed by atoms with E-state index in [-0.39, 0.29) is 28.7 Å². The lowest BCUT2D eigenvalue weighted by Gasteiger charge is -2.30. The Morgan fingerprint density at radius 2 is 1.77 bits per heavy atom. The molecule has 2 aromatic carbocycles. The Morgan fingerprint density at radius 3 is 2.43 bits per heavy atom. The number of H-pyrrole nitrogens is 1. The van der Waals surface area contributed by atoms with Crippen LogP contribution in [0.25, 0.3) is 11.2 Å². The van der Waals surface area contributed by atoms with Gasteiger partial charge in [-0.15, -0.1) is 5.10 Å². The molecule has 10 nitrogen and oxygen atoms in total. The molecule has 1 fully saturated rings. The molecule has 1 saturated heterocycles. The highest BCUT2D eigenvalue weighted by molar-refractivity contribution is 7.89. The maximum Gasteiger partial charge on any atom is 0.281 e.